The molecule has 4 heteroatoms. The second kappa shape index (κ2) is 5.01. The molecular formula is C13H12N2OS. The van der Waals surface area contributed by atoms with Crippen molar-refractivity contribution in [3.05, 3.63) is 53.9 Å². The molecule has 0 atom stereocenters. The maximum absolute atomic E-state index is 11.0. The second-order valence-corrected chi connectivity index (χ2v) is 4.80. The Labute approximate surface area is 104 Å². The van der Waals surface area contributed by atoms with Gasteiger partial charge in [0.05, 0.1) is 0 Å². The number of primary amides is 1. The lowest BCUT2D eigenvalue weighted by atomic mass is 10.2. The third kappa shape index (κ3) is 3.07. The van der Waals surface area contributed by atoms with Crippen molar-refractivity contribution in [2.24, 2.45) is 5.73 Å². The van der Waals surface area contributed by atoms with Gasteiger partial charge in [0.1, 0.15) is 5.69 Å². The Morgan fingerprint density at radius 1 is 1.18 bits per heavy atom. The summed E-state index contributed by atoms with van der Waals surface area (Å²) < 4.78 is 0. The molecule has 3 nitrogen and oxygen atoms in total. The quantitative estimate of drug-likeness (QED) is 0.903. The predicted octanol–water partition coefficient (Wildman–Crippen LogP) is 2.64. The number of hydrogen-bond donors (Lipinski definition) is 1. The highest BCUT2D eigenvalue weighted by Crippen LogP contribution is 2.27. The van der Waals surface area contributed by atoms with Crippen molar-refractivity contribution in [3.8, 4) is 0 Å². The van der Waals surface area contributed by atoms with Gasteiger partial charge in [-0.15, -0.1) is 0 Å². The second-order valence-electron chi connectivity index (χ2n) is 3.66. The summed E-state index contributed by atoms with van der Waals surface area (Å²) in [6.45, 7) is 2.05. The standard InChI is InChI=1S/C13H12N2OS/c1-9-2-4-10(5-3-9)17-11-6-7-15-12(8-11)13(14)16/h2-8H,1H3,(H2,14,16). The van der Waals surface area contributed by atoms with Crippen molar-refractivity contribution in [2.75, 3.05) is 0 Å². The van der Waals surface area contributed by atoms with E-state index in [1.807, 2.05) is 25.1 Å². The van der Waals surface area contributed by atoms with E-state index < -0.39 is 5.91 Å². The van der Waals surface area contributed by atoms with Crippen molar-refractivity contribution in [2.45, 2.75) is 16.7 Å². The molecule has 0 saturated heterocycles. The summed E-state index contributed by atoms with van der Waals surface area (Å²) in [6, 6.07) is 11.8. The molecule has 0 unspecified atom stereocenters. The maximum Gasteiger partial charge on any atom is 0.267 e. The monoisotopic (exact) mass is 244 g/mol. The lowest BCUT2D eigenvalue weighted by Crippen LogP contribution is -2.12. The normalized spacial score (nSPS) is 10.2. The van der Waals surface area contributed by atoms with Crippen LogP contribution in [0, 0.1) is 6.92 Å². The van der Waals surface area contributed by atoms with E-state index in [0.717, 1.165) is 9.79 Å². The average Bonchev–Trinajstić information content (AvgIpc) is 2.32. The van der Waals surface area contributed by atoms with Gasteiger partial charge in [0, 0.05) is 16.0 Å². The first-order valence-corrected chi connectivity index (χ1v) is 5.97. The topological polar surface area (TPSA) is 56.0 Å². The highest BCUT2D eigenvalue weighted by Gasteiger charge is 2.04. The number of aromatic nitrogens is 1. The zero-order valence-electron chi connectivity index (χ0n) is 9.38. The van der Waals surface area contributed by atoms with E-state index in [0.29, 0.717) is 5.69 Å². The smallest absolute Gasteiger partial charge is 0.267 e. The highest BCUT2D eigenvalue weighted by atomic mass is 32.2. The molecule has 0 aliphatic carbocycles. The Morgan fingerprint density at radius 3 is 2.53 bits per heavy atom. The van der Waals surface area contributed by atoms with Gasteiger partial charge in [0.25, 0.3) is 5.91 Å². The molecule has 1 amide bonds. The van der Waals surface area contributed by atoms with Crippen molar-refractivity contribution in [1.29, 1.82) is 0 Å². The fourth-order valence-electron chi connectivity index (χ4n) is 1.35. The van der Waals surface area contributed by atoms with Gasteiger partial charge in [-0.25, -0.2) is 0 Å². The van der Waals surface area contributed by atoms with Gasteiger partial charge in [0.15, 0.2) is 0 Å². The largest absolute Gasteiger partial charge is 0.364 e. The molecule has 1 aromatic heterocycles. The van der Waals surface area contributed by atoms with Crippen LogP contribution in [0.4, 0.5) is 0 Å². The Kier molecular flexibility index (Phi) is 3.44. The molecule has 1 heterocycles. The van der Waals surface area contributed by atoms with E-state index in [1.165, 1.54) is 5.56 Å². The van der Waals surface area contributed by atoms with E-state index in [2.05, 4.69) is 17.1 Å². The number of hydrogen-bond acceptors (Lipinski definition) is 3. The van der Waals surface area contributed by atoms with E-state index in [9.17, 15) is 4.79 Å². The van der Waals surface area contributed by atoms with Crippen molar-refractivity contribution >= 4 is 17.7 Å². The number of aryl methyl sites for hydroxylation is 1. The molecular weight excluding hydrogens is 232 g/mol. The van der Waals surface area contributed by atoms with Gasteiger partial charge in [-0.1, -0.05) is 29.5 Å². The molecule has 0 spiro atoms. The predicted molar refractivity (Wildman–Crippen MR) is 68.1 cm³/mol. The Hall–Kier alpha value is -1.81. The molecule has 0 radical (unpaired) electrons. The summed E-state index contributed by atoms with van der Waals surface area (Å²) in [7, 11) is 0. The van der Waals surface area contributed by atoms with Crippen LogP contribution in [-0.4, -0.2) is 10.9 Å². The lowest BCUT2D eigenvalue weighted by molar-refractivity contribution is 0.0995. The maximum atomic E-state index is 11.0. The van der Waals surface area contributed by atoms with Gasteiger partial charge >= 0.3 is 0 Å². The molecule has 0 aliphatic rings. The molecule has 2 rings (SSSR count). The van der Waals surface area contributed by atoms with Crippen molar-refractivity contribution < 1.29 is 4.79 Å². The van der Waals surface area contributed by atoms with Crippen LogP contribution < -0.4 is 5.73 Å². The molecule has 0 aliphatic heterocycles. The van der Waals surface area contributed by atoms with Crippen LogP contribution in [-0.2, 0) is 0 Å². The van der Waals surface area contributed by atoms with Crippen molar-refractivity contribution in [1.82, 2.24) is 4.98 Å². The fourth-order valence-corrected chi connectivity index (χ4v) is 2.20. The molecule has 86 valence electrons. The number of pyridine rings is 1. The zero-order valence-corrected chi connectivity index (χ0v) is 10.2. The SMILES string of the molecule is Cc1ccc(Sc2ccnc(C(N)=O)c2)cc1. The molecule has 0 saturated carbocycles. The summed E-state index contributed by atoms with van der Waals surface area (Å²) in [5.41, 5.74) is 6.70. The third-order valence-corrected chi connectivity index (χ3v) is 3.24. The first-order valence-electron chi connectivity index (χ1n) is 5.15. The highest BCUT2D eigenvalue weighted by molar-refractivity contribution is 7.99. The van der Waals surface area contributed by atoms with Gasteiger partial charge in [-0.3, -0.25) is 9.78 Å². The van der Waals surface area contributed by atoms with E-state index in [4.69, 9.17) is 5.73 Å². The summed E-state index contributed by atoms with van der Waals surface area (Å²) in [5.74, 6) is -0.503. The van der Waals surface area contributed by atoms with Crippen molar-refractivity contribution in [3.63, 3.8) is 0 Å². The zero-order chi connectivity index (χ0) is 12.3. The average molecular weight is 244 g/mol. The number of amides is 1. The Bertz CT molecular complexity index is 537. The van der Waals surface area contributed by atoms with Crippen LogP contribution in [0.25, 0.3) is 0 Å². The Morgan fingerprint density at radius 2 is 1.88 bits per heavy atom. The summed E-state index contributed by atoms with van der Waals surface area (Å²) in [6.07, 6.45) is 1.59. The van der Waals surface area contributed by atoms with Crippen LogP contribution >= 0.6 is 11.8 Å². The fraction of sp³-hybridized carbons (Fsp3) is 0.0769. The number of nitrogens with two attached hydrogens (primary N) is 1. The molecule has 2 N–H and O–H groups in total. The first kappa shape index (κ1) is 11.7. The van der Waals surface area contributed by atoms with E-state index in [-0.39, 0.29) is 0 Å². The van der Waals surface area contributed by atoms with E-state index >= 15 is 0 Å². The molecule has 1 aromatic carbocycles. The minimum Gasteiger partial charge on any atom is -0.364 e. The van der Waals surface area contributed by atoms with Crippen LogP contribution in [0.3, 0.4) is 0 Å². The molecule has 17 heavy (non-hydrogen) atoms. The third-order valence-electron chi connectivity index (χ3n) is 2.24. The molecule has 0 fully saturated rings. The lowest BCUT2D eigenvalue weighted by Gasteiger charge is -2.03. The van der Waals surface area contributed by atoms with Gasteiger partial charge in [-0.2, -0.15) is 0 Å². The van der Waals surface area contributed by atoms with E-state index in [1.54, 1.807) is 24.0 Å². The summed E-state index contributed by atoms with van der Waals surface area (Å²) >= 11 is 1.58. The van der Waals surface area contributed by atoms with Gasteiger partial charge in [-0.05, 0) is 31.2 Å². The molecule has 0 bridgehead atoms. The minimum atomic E-state index is -0.503. The van der Waals surface area contributed by atoms with Gasteiger partial charge in [0.2, 0.25) is 0 Å². The molecule has 2 aromatic rings. The number of carbonyl (C=O) groups excluding carboxylic acids is 1. The minimum absolute atomic E-state index is 0.294. The first-order chi connectivity index (χ1) is 8.15. The number of carbonyl (C=O) groups is 1. The summed E-state index contributed by atoms with van der Waals surface area (Å²) in [4.78, 5) is 17.0. The number of rotatable bonds is 3. The van der Waals surface area contributed by atoms with Crippen LogP contribution in [0.2, 0.25) is 0 Å². The number of benzene rings is 1. The van der Waals surface area contributed by atoms with Crippen LogP contribution in [0.5, 0.6) is 0 Å². The number of nitrogens with zero attached hydrogens (tertiary/aromatic N) is 1. The van der Waals surface area contributed by atoms with Crippen LogP contribution in [0.15, 0.2) is 52.4 Å². The summed E-state index contributed by atoms with van der Waals surface area (Å²) in [5, 5.41) is 0. The van der Waals surface area contributed by atoms with Gasteiger partial charge < -0.3 is 5.73 Å². The van der Waals surface area contributed by atoms with Crippen LogP contribution in [0.1, 0.15) is 16.1 Å². The Balaban J connectivity index is 2.21.